The minimum absolute atomic E-state index is 0.0107. The van der Waals surface area contributed by atoms with E-state index >= 15 is 0 Å². The molecule has 1 aliphatic rings. The molecule has 31 heavy (non-hydrogen) atoms. The summed E-state index contributed by atoms with van der Waals surface area (Å²) >= 11 is 5.25. The first-order chi connectivity index (χ1) is 14.8. The van der Waals surface area contributed by atoms with Crippen LogP contribution in [0.4, 0.5) is 15.8 Å². The second-order valence-electron chi connectivity index (χ2n) is 7.02. The van der Waals surface area contributed by atoms with Gasteiger partial charge in [0.05, 0.1) is 16.3 Å². The average molecular weight is 436 g/mol. The quantitative estimate of drug-likeness (QED) is 0.284. The fraction of sp³-hybridized carbons (Fsp3) is 0.0909. The Morgan fingerprint density at radius 3 is 2.58 bits per heavy atom. The molecule has 3 aromatic rings. The van der Waals surface area contributed by atoms with Gasteiger partial charge in [-0.3, -0.25) is 14.9 Å². The van der Waals surface area contributed by atoms with Gasteiger partial charge in [0.2, 0.25) is 0 Å². The van der Waals surface area contributed by atoms with Crippen molar-refractivity contribution in [3.63, 3.8) is 0 Å². The van der Waals surface area contributed by atoms with Gasteiger partial charge in [0.25, 0.3) is 11.6 Å². The van der Waals surface area contributed by atoms with Crippen molar-refractivity contribution in [1.29, 1.82) is 0 Å². The maximum absolute atomic E-state index is 14.2. The number of nitro benzene ring substituents is 1. The zero-order valence-electron chi connectivity index (χ0n) is 16.6. The van der Waals surface area contributed by atoms with Crippen LogP contribution in [0.25, 0.3) is 11.8 Å². The third-order valence-electron chi connectivity index (χ3n) is 5.04. The van der Waals surface area contributed by atoms with E-state index in [9.17, 15) is 19.3 Å². The molecular formula is C22H17FN4O3S. The highest BCUT2D eigenvalue weighted by Gasteiger charge is 2.33. The first kappa shape index (κ1) is 20.4. The van der Waals surface area contributed by atoms with Crippen molar-refractivity contribution in [3.05, 3.63) is 93.2 Å². The number of nitro groups is 1. The molecule has 2 heterocycles. The highest BCUT2D eigenvalue weighted by Crippen LogP contribution is 2.28. The molecule has 0 unspecified atom stereocenters. The van der Waals surface area contributed by atoms with E-state index in [4.69, 9.17) is 12.2 Å². The van der Waals surface area contributed by atoms with Gasteiger partial charge in [0, 0.05) is 23.5 Å². The number of aromatic nitrogens is 1. The minimum atomic E-state index is -0.551. The molecule has 1 aromatic heterocycles. The normalized spacial score (nSPS) is 14.9. The van der Waals surface area contributed by atoms with Crippen LogP contribution in [0.1, 0.15) is 17.0 Å². The van der Waals surface area contributed by atoms with Gasteiger partial charge in [0.15, 0.2) is 5.11 Å². The number of halogens is 1. The van der Waals surface area contributed by atoms with E-state index in [1.165, 1.54) is 30.3 Å². The summed E-state index contributed by atoms with van der Waals surface area (Å²) in [6, 6.07) is 14.1. The van der Waals surface area contributed by atoms with Gasteiger partial charge in [-0.1, -0.05) is 18.2 Å². The summed E-state index contributed by atoms with van der Waals surface area (Å²) in [4.78, 5) is 24.7. The number of aryl methyl sites for hydroxylation is 1. The summed E-state index contributed by atoms with van der Waals surface area (Å²) in [6.45, 7) is 3.72. The summed E-state index contributed by atoms with van der Waals surface area (Å²) in [5, 5.41) is 14.1. The smallest absolute Gasteiger partial charge is 0.281 e. The lowest BCUT2D eigenvalue weighted by Gasteiger charge is -2.14. The molecule has 7 nitrogen and oxygen atoms in total. The molecule has 1 aliphatic heterocycles. The maximum Gasteiger partial charge on any atom is 0.281 e. The van der Waals surface area contributed by atoms with Crippen LogP contribution in [0.3, 0.4) is 0 Å². The highest BCUT2D eigenvalue weighted by atomic mass is 32.1. The summed E-state index contributed by atoms with van der Waals surface area (Å²) in [6.07, 6.45) is 1.64. The lowest BCUT2D eigenvalue weighted by Crippen LogP contribution is -2.31. The van der Waals surface area contributed by atoms with E-state index in [0.29, 0.717) is 5.69 Å². The first-order valence-corrected chi connectivity index (χ1v) is 9.74. The Labute approximate surface area is 182 Å². The molecule has 1 saturated heterocycles. The Bertz CT molecular complexity index is 1280. The van der Waals surface area contributed by atoms with E-state index in [-0.39, 0.29) is 22.2 Å². The van der Waals surface area contributed by atoms with Crippen molar-refractivity contribution < 1.29 is 14.1 Å². The van der Waals surface area contributed by atoms with Crippen LogP contribution >= 0.6 is 12.2 Å². The molecule has 156 valence electrons. The van der Waals surface area contributed by atoms with Crippen LogP contribution in [-0.4, -0.2) is 20.5 Å². The van der Waals surface area contributed by atoms with E-state index in [0.717, 1.165) is 21.9 Å². The molecule has 1 amide bonds. The molecule has 0 saturated carbocycles. The Hall–Kier alpha value is -3.85. The van der Waals surface area contributed by atoms with Gasteiger partial charge in [-0.25, -0.2) is 9.29 Å². The van der Waals surface area contributed by atoms with Gasteiger partial charge in [-0.15, -0.1) is 0 Å². The van der Waals surface area contributed by atoms with Crippen LogP contribution < -0.4 is 10.2 Å². The number of amides is 1. The molecule has 9 heteroatoms. The summed E-state index contributed by atoms with van der Waals surface area (Å²) in [5.74, 6) is -1.01. The number of anilines is 1. The minimum Gasteiger partial charge on any atom is -0.327 e. The van der Waals surface area contributed by atoms with Crippen molar-refractivity contribution in [1.82, 2.24) is 9.88 Å². The number of hydrogen-bond acceptors (Lipinski definition) is 4. The second kappa shape index (κ2) is 7.77. The maximum atomic E-state index is 14.2. The van der Waals surface area contributed by atoms with Crippen molar-refractivity contribution in [3.8, 4) is 5.69 Å². The SMILES string of the molecule is Cc1cc(C=C2NC(=S)N(c3ccccc3F)C2=O)c(C)n1-c1cccc([N+](=O)[O-])c1. The molecule has 0 bridgehead atoms. The largest absolute Gasteiger partial charge is 0.327 e. The van der Waals surface area contributed by atoms with Crippen molar-refractivity contribution in [2.45, 2.75) is 13.8 Å². The van der Waals surface area contributed by atoms with Gasteiger partial charge in [-0.2, -0.15) is 0 Å². The van der Waals surface area contributed by atoms with Crippen molar-refractivity contribution >= 4 is 40.7 Å². The number of thiocarbonyl (C=S) groups is 1. The van der Waals surface area contributed by atoms with Crippen LogP contribution in [0.15, 0.2) is 60.3 Å². The van der Waals surface area contributed by atoms with Crippen molar-refractivity contribution in [2.24, 2.45) is 0 Å². The zero-order valence-corrected chi connectivity index (χ0v) is 17.4. The Balaban J connectivity index is 1.72. The number of carbonyl (C=O) groups is 1. The Morgan fingerprint density at radius 1 is 1.13 bits per heavy atom. The second-order valence-corrected chi connectivity index (χ2v) is 7.41. The number of benzene rings is 2. The fourth-order valence-electron chi connectivity index (χ4n) is 3.62. The van der Waals surface area contributed by atoms with E-state index < -0.39 is 16.6 Å². The highest BCUT2D eigenvalue weighted by molar-refractivity contribution is 7.80. The summed E-state index contributed by atoms with van der Waals surface area (Å²) < 4.78 is 16.1. The molecule has 2 aromatic carbocycles. The predicted molar refractivity (Wildman–Crippen MR) is 119 cm³/mol. The van der Waals surface area contributed by atoms with Crippen LogP contribution in [0.2, 0.25) is 0 Å². The number of para-hydroxylation sites is 1. The monoisotopic (exact) mass is 436 g/mol. The molecule has 0 spiro atoms. The molecule has 0 atom stereocenters. The number of rotatable bonds is 4. The molecule has 1 fully saturated rings. The standard InChI is InChI=1S/C22H17FN4O3S/c1-13-10-15(14(2)25(13)16-6-5-7-17(12-16)27(29)30)11-19-21(28)26(22(31)24-19)20-9-4-3-8-18(20)23/h3-12H,1-2H3,(H,24,31). The average Bonchev–Trinajstić information content (AvgIpc) is 3.17. The number of non-ortho nitro benzene ring substituents is 1. The molecule has 0 radical (unpaired) electrons. The number of nitrogens with zero attached hydrogens (tertiary/aromatic N) is 3. The third-order valence-corrected chi connectivity index (χ3v) is 5.33. The number of nitrogens with one attached hydrogen (secondary N) is 1. The van der Waals surface area contributed by atoms with E-state index in [1.807, 2.05) is 24.5 Å². The topological polar surface area (TPSA) is 80.4 Å². The fourth-order valence-corrected chi connectivity index (χ4v) is 3.91. The van der Waals surface area contributed by atoms with E-state index in [1.54, 1.807) is 24.3 Å². The van der Waals surface area contributed by atoms with E-state index in [2.05, 4.69) is 5.32 Å². The number of hydrogen-bond donors (Lipinski definition) is 1. The number of carbonyl (C=O) groups excluding carboxylic acids is 1. The van der Waals surface area contributed by atoms with Gasteiger partial charge < -0.3 is 9.88 Å². The van der Waals surface area contributed by atoms with Gasteiger partial charge in [-0.05, 0) is 62.0 Å². The first-order valence-electron chi connectivity index (χ1n) is 9.33. The third kappa shape index (κ3) is 3.59. The Morgan fingerprint density at radius 2 is 1.87 bits per heavy atom. The molecule has 0 aliphatic carbocycles. The molecule has 4 rings (SSSR count). The summed E-state index contributed by atoms with van der Waals surface area (Å²) in [7, 11) is 0. The molecular weight excluding hydrogens is 419 g/mol. The lowest BCUT2D eigenvalue weighted by molar-refractivity contribution is -0.384. The van der Waals surface area contributed by atoms with Crippen molar-refractivity contribution in [2.75, 3.05) is 4.90 Å². The van der Waals surface area contributed by atoms with Crippen LogP contribution in [0.5, 0.6) is 0 Å². The zero-order chi connectivity index (χ0) is 22.3. The van der Waals surface area contributed by atoms with Gasteiger partial charge in [0.1, 0.15) is 11.5 Å². The molecule has 1 N–H and O–H groups in total. The van der Waals surface area contributed by atoms with Crippen LogP contribution in [0, 0.1) is 29.8 Å². The van der Waals surface area contributed by atoms with Crippen LogP contribution in [-0.2, 0) is 4.79 Å². The Kier molecular flexibility index (Phi) is 5.12. The lowest BCUT2D eigenvalue weighted by atomic mass is 10.2. The van der Waals surface area contributed by atoms with Gasteiger partial charge >= 0.3 is 0 Å². The predicted octanol–water partition coefficient (Wildman–Crippen LogP) is 4.40. The summed E-state index contributed by atoms with van der Waals surface area (Å²) in [5.41, 5.74) is 3.28.